The highest BCUT2D eigenvalue weighted by Crippen LogP contribution is 2.24. The van der Waals surface area contributed by atoms with Crippen LogP contribution in [-0.2, 0) is 14.8 Å². The number of aryl methyl sites for hydroxylation is 1. The Kier molecular flexibility index (Phi) is 6.72. The summed E-state index contributed by atoms with van der Waals surface area (Å²) < 4.78 is 27.0. The van der Waals surface area contributed by atoms with Crippen molar-refractivity contribution in [2.24, 2.45) is 11.0 Å². The third-order valence-electron chi connectivity index (χ3n) is 4.55. The summed E-state index contributed by atoms with van der Waals surface area (Å²) in [5.74, 6) is -0.573. The molecule has 1 aromatic carbocycles. The molecular weight excluding hydrogens is 338 g/mol. The number of nitrogens with one attached hydrogen (secondary N) is 1. The SMILES string of the molecule is CCC(CC)=NNC(=O)[C@@H]1CCCN(S(=O)(=O)c2ccc(C)cc2)C1. The predicted octanol–water partition coefficient (Wildman–Crippen LogP) is 2.69. The maximum Gasteiger partial charge on any atom is 0.244 e. The van der Waals surface area contributed by atoms with Crippen LogP contribution < -0.4 is 5.43 Å². The monoisotopic (exact) mass is 365 g/mol. The van der Waals surface area contributed by atoms with Crippen molar-refractivity contribution in [1.82, 2.24) is 9.73 Å². The lowest BCUT2D eigenvalue weighted by molar-refractivity contribution is -0.126. The van der Waals surface area contributed by atoms with E-state index in [0.717, 1.165) is 24.1 Å². The second kappa shape index (κ2) is 8.58. The summed E-state index contributed by atoms with van der Waals surface area (Å²) in [5.41, 5.74) is 4.54. The van der Waals surface area contributed by atoms with E-state index in [1.54, 1.807) is 24.3 Å². The molecule has 6 nitrogen and oxygen atoms in total. The van der Waals surface area contributed by atoms with Gasteiger partial charge >= 0.3 is 0 Å². The Morgan fingerprint density at radius 1 is 1.24 bits per heavy atom. The highest BCUT2D eigenvalue weighted by atomic mass is 32.2. The number of carbonyl (C=O) groups is 1. The molecule has 0 aromatic heterocycles. The van der Waals surface area contributed by atoms with Crippen LogP contribution in [-0.4, -0.2) is 37.4 Å². The molecule has 0 spiro atoms. The Balaban J connectivity index is 2.08. The molecule has 7 heteroatoms. The molecule has 0 bridgehead atoms. The van der Waals surface area contributed by atoms with Gasteiger partial charge in [-0.15, -0.1) is 0 Å². The number of nitrogens with zero attached hydrogens (tertiary/aromatic N) is 2. The van der Waals surface area contributed by atoms with Crippen molar-refractivity contribution < 1.29 is 13.2 Å². The minimum absolute atomic E-state index is 0.200. The molecule has 1 N–H and O–H groups in total. The molecule has 1 aromatic rings. The van der Waals surface area contributed by atoms with E-state index < -0.39 is 10.0 Å². The van der Waals surface area contributed by atoms with Gasteiger partial charge in [-0.2, -0.15) is 9.41 Å². The van der Waals surface area contributed by atoms with Gasteiger partial charge in [0, 0.05) is 18.8 Å². The van der Waals surface area contributed by atoms with Crippen LogP contribution in [0, 0.1) is 12.8 Å². The van der Waals surface area contributed by atoms with E-state index >= 15 is 0 Å². The molecule has 1 amide bonds. The molecule has 0 aliphatic carbocycles. The maximum atomic E-state index is 12.8. The second-order valence-electron chi connectivity index (χ2n) is 6.38. The fourth-order valence-corrected chi connectivity index (χ4v) is 4.39. The van der Waals surface area contributed by atoms with Crippen molar-refractivity contribution in [1.29, 1.82) is 0 Å². The Bertz CT molecular complexity index is 720. The normalized spacial score (nSPS) is 18.6. The van der Waals surface area contributed by atoms with Crippen molar-refractivity contribution in [2.45, 2.75) is 51.3 Å². The number of carbonyl (C=O) groups excluding carboxylic acids is 1. The summed E-state index contributed by atoms with van der Waals surface area (Å²) in [6.07, 6.45) is 2.92. The number of benzene rings is 1. The van der Waals surface area contributed by atoms with E-state index in [2.05, 4.69) is 10.5 Å². The van der Waals surface area contributed by atoms with Crippen LogP contribution >= 0.6 is 0 Å². The lowest BCUT2D eigenvalue weighted by atomic mass is 9.99. The standard InChI is InChI=1S/C18H27N3O3S/c1-4-16(5-2)19-20-18(22)15-7-6-12-21(13-15)25(23,24)17-10-8-14(3)9-11-17/h8-11,15H,4-7,12-13H2,1-3H3,(H,20,22)/t15-/m1/s1. The fraction of sp³-hybridized carbons (Fsp3) is 0.556. The Hall–Kier alpha value is -1.73. The molecule has 1 aliphatic rings. The average molecular weight is 365 g/mol. The zero-order chi connectivity index (χ0) is 18.4. The molecule has 0 radical (unpaired) electrons. The first-order valence-corrected chi connectivity index (χ1v) is 10.2. The number of piperidine rings is 1. The van der Waals surface area contributed by atoms with Crippen molar-refractivity contribution in [3.63, 3.8) is 0 Å². The third-order valence-corrected chi connectivity index (χ3v) is 6.43. The second-order valence-corrected chi connectivity index (χ2v) is 8.31. The van der Waals surface area contributed by atoms with Crippen LogP contribution in [0.3, 0.4) is 0 Å². The zero-order valence-corrected chi connectivity index (χ0v) is 16.0. The van der Waals surface area contributed by atoms with Gasteiger partial charge in [0.1, 0.15) is 0 Å². The van der Waals surface area contributed by atoms with Gasteiger partial charge in [0.15, 0.2) is 0 Å². The first-order chi connectivity index (χ1) is 11.9. The summed E-state index contributed by atoms with van der Waals surface area (Å²) >= 11 is 0. The van der Waals surface area contributed by atoms with E-state index in [9.17, 15) is 13.2 Å². The Labute approximate surface area is 150 Å². The summed E-state index contributed by atoms with van der Waals surface area (Å²) in [6, 6.07) is 6.81. The van der Waals surface area contributed by atoms with Gasteiger partial charge in [0.2, 0.25) is 15.9 Å². The van der Waals surface area contributed by atoms with Gasteiger partial charge in [-0.25, -0.2) is 13.8 Å². The molecule has 2 rings (SSSR count). The van der Waals surface area contributed by atoms with Crippen LogP contribution in [0.2, 0.25) is 0 Å². The molecular formula is C18H27N3O3S. The number of sulfonamides is 1. The highest BCUT2D eigenvalue weighted by Gasteiger charge is 2.33. The maximum absolute atomic E-state index is 12.8. The van der Waals surface area contributed by atoms with Gasteiger partial charge < -0.3 is 0 Å². The molecule has 1 saturated heterocycles. The largest absolute Gasteiger partial charge is 0.273 e. The molecule has 0 saturated carbocycles. The van der Waals surface area contributed by atoms with Gasteiger partial charge in [-0.1, -0.05) is 31.5 Å². The average Bonchev–Trinajstić information content (AvgIpc) is 2.63. The minimum Gasteiger partial charge on any atom is -0.273 e. The number of hydrogen-bond acceptors (Lipinski definition) is 4. The lowest BCUT2D eigenvalue weighted by Gasteiger charge is -2.30. The topological polar surface area (TPSA) is 78.8 Å². The number of hydrazone groups is 1. The van der Waals surface area contributed by atoms with Gasteiger partial charge in [0.05, 0.1) is 10.8 Å². The summed E-state index contributed by atoms with van der Waals surface area (Å²) in [4.78, 5) is 12.6. The van der Waals surface area contributed by atoms with Crippen molar-refractivity contribution in [2.75, 3.05) is 13.1 Å². The predicted molar refractivity (Wildman–Crippen MR) is 98.8 cm³/mol. The number of hydrogen-bond donors (Lipinski definition) is 1. The number of rotatable bonds is 6. The Morgan fingerprint density at radius 2 is 1.88 bits per heavy atom. The first-order valence-electron chi connectivity index (χ1n) is 8.80. The van der Waals surface area contributed by atoms with Crippen LogP contribution in [0.25, 0.3) is 0 Å². The molecule has 1 fully saturated rings. The molecule has 1 aliphatic heterocycles. The minimum atomic E-state index is -3.57. The van der Waals surface area contributed by atoms with Crippen molar-refractivity contribution in [3.05, 3.63) is 29.8 Å². The van der Waals surface area contributed by atoms with E-state index in [-0.39, 0.29) is 23.3 Å². The van der Waals surface area contributed by atoms with Crippen LogP contribution in [0.1, 0.15) is 45.1 Å². The van der Waals surface area contributed by atoms with Crippen LogP contribution in [0.5, 0.6) is 0 Å². The van der Waals surface area contributed by atoms with E-state index in [0.29, 0.717) is 19.4 Å². The van der Waals surface area contributed by atoms with Crippen LogP contribution in [0.15, 0.2) is 34.3 Å². The van der Waals surface area contributed by atoms with E-state index in [1.807, 2.05) is 20.8 Å². The highest BCUT2D eigenvalue weighted by molar-refractivity contribution is 7.89. The van der Waals surface area contributed by atoms with Gasteiger partial charge in [-0.05, 0) is 44.7 Å². The first kappa shape index (κ1) is 19.6. The summed E-state index contributed by atoms with van der Waals surface area (Å²) in [7, 11) is -3.57. The Morgan fingerprint density at radius 3 is 2.48 bits per heavy atom. The zero-order valence-electron chi connectivity index (χ0n) is 15.2. The lowest BCUT2D eigenvalue weighted by Crippen LogP contribution is -2.44. The molecule has 1 heterocycles. The fourth-order valence-electron chi connectivity index (χ4n) is 2.87. The van der Waals surface area contributed by atoms with E-state index in [1.165, 1.54) is 4.31 Å². The molecule has 1 atom stereocenters. The summed E-state index contributed by atoms with van der Waals surface area (Å²) in [6.45, 7) is 6.54. The third kappa shape index (κ3) is 4.89. The van der Waals surface area contributed by atoms with Gasteiger partial charge in [-0.3, -0.25) is 4.79 Å². The van der Waals surface area contributed by atoms with E-state index in [4.69, 9.17) is 0 Å². The smallest absolute Gasteiger partial charge is 0.244 e. The summed E-state index contributed by atoms with van der Waals surface area (Å²) in [5, 5.41) is 4.14. The van der Waals surface area contributed by atoms with Crippen LogP contribution in [0.4, 0.5) is 0 Å². The molecule has 138 valence electrons. The number of amides is 1. The quantitative estimate of drug-likeness (QED) is 0.622. The molecule has 0 unspecified atom stereocenters. The van der Waals surface area contributed by atoms with Crippen molar-refractivity contribution >= 4 is 21.6 Å². The van der Waals surface area contributed by atoms with Crippen molar-refractivity contribution in [3.8, 4) is 0 Å². The molecule has 25 heavy (non-hydrogen) atoms. The van der Waals surface area contributed by atoms with Gasteiger partial charge in [0.25, 0.3) is 0 Å².